The minimum atomic E-state index is -0.436. The number of ether oxygens (including phenoxy) is 1. The predicted octanol–water partition coefficient (Wildman–Crippen LogP) is 3.41. The molecule has 0 saturated heterocycles. The molecule has 0 spiro atoms. The number of nitrogens with zero attached hydrogens (tertiary/aromatic N) is 2. The highest BCUT2D eigenvalue weighted by Crippen LogP contribution is 2.13. The second-order valence-corrected chi connectivity index (χ2v) is 8.26. The summed E-state index contributed by atoms with van der Waals surface area (Å²) in [5.74, 6) is 1.15. The average molecular weight is 569 g/mol. The molecule has 2 rings (SSSR count). The lowest BCUT2D eigenvalue weighted by Crippen LogP contribution is -2.48. The fraction of sp³-hybridized carbons (Fsp3) is 0.391. The van der Waals surface area contributed by atoms with Crippen LogP contribution in [0.4, 0.5) is 5.69 Å². The summed E-state index contributed by atoms with van der Waals surface area (Å²) in [6.07, 6.45) is 0.760. The number of non-ortho nitro benzene ring substituents is 1. The molecule has 0 radical (unpaired) electrons. The van der Waals surface area contributed by atoms with Crippen molar-refractivity contribution >= 4 is 41.5 Å². The summed E-state index contributed by atoms with van der Waals surface area (Å²) in [4.78, 5) is 27.1. The maximum absolute atomic E-state index is 12.2. The normalized spacial score (nSPS) is 11.2. The van der Waals surface area contributed by atoms with Crippen LogP contribution in [0.1, 0.15) is 31.9 Å². The van der Waals surface area contributed by atoms with Crippen molar-refractivity contribution < 1.29 is 14.5 Å². The summed E-state index contributed by atoms with van der Waals surface area (Å²) < 4.78 is 5.18. The smallest absolute Gasteiger partial charge is 0.269 e. The molecule has 1 amide bonds. The number of guanidine groups is 1. The Labute approximate surface area is 211 Å². The maximum atomic E-state index is 12.2. The molecule has 0 unspecified atom stereocenters. The summed E-state index contributed by atoms with van der Waals surface area (Å²) in [5.41, 5.74) is 1.67. The van der Waals surface area contributed by atoms with Gasteiger partial charge in [0.05, 0.1) is 25.1 Å². The number of hydrogen-bond donors (Lipinski definition) is 3. The van der Waals surface area contributed by atoms with Crippen molar-refractivity contribution in [2.24, 2.45) is 4.99 Å². The minimum Gasteiger partial charge on any atom is -0.497 e. The van der Waals surface area contributed by atoms with E-state index >= 15 is 0 Å². The van der Waals surface area contributed by atoms with Gasteiger partial charge in [-0.1, -0.05) is 24.3 Å². The largest absolute Gasteiger partial charge is 0.497 e. The molecule has 0 fully saturated rings. The number of nitro benzene ring substituents is 1. The average Bonchev–Trinajstić information content (AvgIpc) is 2.74. The number of nitrogens with one attached hydrogen (secondary N) is 3. The van der Waals surface area contributed by atoms with Crippen molar-refractivity contribution in [1.82, 2.24) is 16.0 Å². The second-order valence-electron chi connectivity index (χ2n) is 8.26. The molecule has 0 aliphatic rings. The number of hydrogen-bond acceptors (Lipinski definition) is 5. The van der Waals surface area contributed by atoms with Crippen LogP contribution in [-0.2, 0) is 17.8 Å². The number of amides is 1. The van der Waals surface area contributed by atoms with Crippen LogP contribution < -0.4 is 20.7 Å². The molecule has 0 aliphatic carbocycles. The Morgan fingerprint density at radius 2 is 1.64 bits per heavy atom. The number of aliphatic imine (C=N–C) groups is 1. The van der Waals surface area contributed by atoms with E-state index in [4.69, 9.17) is 4.74 Å². The number of carbonyl (C=O) groups is 1. The molecule has 3 N–H and O–H groups in total. The lowest BCUT2D eigenvalue weighted by molar-refractivity contribution is -0.384. The lowest BCUT2D eigenvalue weighted by atomic mass is 10.1. The van der Waals surface area contributed by atoms with Gasteiger partial charge in [0, 0.05) is 24.2 Å². The summed E-state index contributed by atoms with van der Waals surface area (Å²) >= 11 is 0. The van der Waals surface area contributed by atoms with Crippen LogP contribution in [0, 0.1) is 10.1 Å². The highest BCUT2D eigenvalue weighted by molar-refractivity contribution is 14.0. The number of benzene rings is 2. The van der Waals surface area contributed by atoms with Gasteiger partial charge in [-0.2, -0.15) is 0 Å². The standard InChI is InChI=1S/C23H31N5O4.HI/c1-23(2,3)27-21(29)16-26-22(24-14-13-17-7-11-20(32-4)12-8-17)25-15-18-5-9-19(10-6-18)28(30)31;/h5-12H,13-16H2,1-4H3,(H,27,29)(H2,24,25,26);1H. The van der Waals surface area contributed by atoms with Crippen molar-refractivity contribution in [2.75, 3.05) is 20.2 Å². The van der Waals surface area contributed by atoms with Crippen LogP contribution in [0.15, 0.2) is 53.5 Å². The first-order valence-corrected chi connectivity index (χ1v) is 10.4. The second kappa shape index (κ2) is 13.6. The third-order valence-electron chi connectivity index (χ3n) is 4.36. The molecule has 0 atom stereocenters. The molecule has 10 heteroatoms. The fourth-order valence-corrected chi connectivity index (χ4v) is 2.81. The topological polar surface area (TPSA) is 118 Å². The molecular weight excluding hydrogens is 537 g/mol. The Morgan fingerprint density at radius 1 is 1.03 bits per heavy atom. The SMILES string of the molecule is COc1ccc(CCNC(=NCc2ccc([N+](=O)[O-])cc2)NCC(=O)NC(C)(C)C)cc1.I. The van der Waals surface area contributed by atoms with Gasteiger partial charge in [-0.25, -0.2) is 4.99 Å². The van der Waals surface area contributed by atoms with Gasteiger partial charge in [0.1, 0.15) is 5.75 Å². The van der Waals surface area contributed by atoms with E-state index in [2.05, 4.69) is 20.9 Å². The maximum Gasteiger partial charge on any atom is 0.269 e. The minimum absolute atomic E-state index is 0. The van der Waals surface area contributed by atoms with E-state index in [1.807, 2.05) is 45.0 Å². The molecule has 9 nitrogen and oxygen atoms in total. The van der Waals surface area contributed by atoms with E-state index in [-0.39, 0.29) is 47.7 Å². The molecular formula is C23H32IN5O4. The van der Waals surface area contributed by atoms with Crippen LogP contribution in [-0.4, -0.2) is 42.5 Å². The first-order valence-electron chi connectivity index (χ1n) is 10.4. The van der Waals surface area contributed by atoms with Crippen molar-refractivity contribution in [3.05, 3.63) is 69.8 Å². The number of nitro groups is 1. The fourth-order valence-electron chi connectivity index (χ4n) is 2.81. The van der Waals surface area contributed by atoms with Crippen molar-refractivity contribution in [2.45, 2.75) is 39.3 Å². The first-order chi connectivity index (χ1) is 15.2. The van der Waals surface area contributed by atoms with Gasteiger partial charge in [-0.15, -0.1) is 24.0 Å². The summed E-state index contributed by atoms with van der Waals surface area (Å²) in [6, 6.07) is 14.1. The van der Waals surface area contributed by atoms with Gasteiger partial charge in [-0.3, -0.25) is 14.9 Å². The third-order valence-corrected chi connectivity index (χ3v) is 4.36. The Hall–Kier alpha value is -2.89. The van der Waals surface area contributed by atoms with Gasteiger partial charge >= 0.3 is 0 Å². The van der Waals surface area contributed by atoms with Crippen LogP contribution >= 0.6 is 24.0 Å². The van der Waals surface area contributed by atoms with Crippen molar-refractivity contribution in [1.29, 1.82) is 0 Å². The van der Waals surface area contributed by atoms with Crippen LogP contribution in [0.5, 0.6) is 5.75 Å². The molecule has 0 saturated carbocycles. The Balaban J connectivity index is 0.00000544. The van der Waals surface area contributed by atoms with Crippen molar-refractivity contribution in [3.8, 4) is 5.75 Å². The van der Waals surface area contributed by atoms with E-state index < -0.39 is 4.92 Å². The van der Waals surface area contributed by atoms with E-state index in [0.29, 0.717) is 19.0 Å². The molecule has 180 valence electrons. The van der Waals surface area contributed by atoms with E-state index in [0.717, 1.165) is 23.3 Å². The third kappa shape index (κ3) is 11.0. The van der Waals surface area contributed by atoms with E-state index in [9.17, 15) is 14.9 Å². The Bertz CT molecular complexity index is 925. The van der Waals surface area contributed by atoms with Crippen molar-refractivity contribution in [3.63, 3.8) is 0 Å². The van der Waals surface area contributed by atoms with Crippen LogP contribution in [0.3, 0.4) is 0 Å². The highest BCUT2D eigenvalue weighted by Gasteiger charge is 2.14. The quantitative estimate of drug-likeness (QED) is 0.140. The zero-order chi connectivity index (χ0) is 23.6. The number of halogens is 1. The van der Waals surface area contributed by atoms with Gasteiger partial charge in [-0.05, 0) is 50.5 Å². The van der Waals surface area contributed by atoms with E-state index in [1.54, 1.807) is 19.2 Å². The lowest BCUT2D eigenvalue weighted by Gasteiger charge is -2.21. The highest BCUT2D eigenvalue weighted by atomic mass is 127. The summed E-state index contributed by atoms with van der Waals surface area (Å²) in [6.45, 7) is 6.76. The summed E-state index contributed by atoms with van der Waals surface area (Å²) in [5, 5.41) is 20.0. The molecule has 0 aromatic heterocycles. The van der Waals surface area contributed by atoms with E-state index in [1.165, 1.54) is 12.1 Å². The molecule has 0 aliphatic heterocycles. The molecule has 33 heavy (non-hydrogen) atoms. The zero-order valence-electron chi connectivity index (χ0n) is 19.4. The van der Waals surface area contributed by atoms with Crippen LogP contribution in [0.2, 0.25) is 0 Å². The number of methoxy groups -OCH3 is 1. The first kappa shape index (κ1) is 28.1. The molecule has 0 bridgehead atoms. The molecule has 2 aromatic carbocycles. The monoisotopic (exact) mass is 569 g/mol. The Kier molecular flexibility index (Phi) is 11.6. The van der Waals surface area contributed by atoms with Crippen LogP contribution in [0.25, 0.3) is 0 Å². The van der Waals surface area contributed by atoms with Gasteiger partial charge < -0.3 is 20.7 Å². The zero-order valence-corrected chi connectivity index (χ0v) is 21.7. The van der Waals surface area contributed by atoms with Gasteiger partial charge in [0.15, 0.2) is 5.96 Å². The number of carbonyl (C=O) groups excluding carboxylic acids is 1. The summed E-state index contributed by atoms with van der Waals surface area (Å²) in [7, 11) is 1.63. The molecule has 0 heterocycles. The molecule has 2 aromatic rings. The predicted molar refractivity (Wildman–Crippen MR) is 140 cm³/mol. The van der Waals surface area contributed by atoms with Gasteiger partial charge in [0.25, 0.3) is 5.69 Å². The number of rotatable bonds is 9. The Morgan fingerprint density at radius 3 is 2.18 bits per heavy atom. The van der Waals surface area contributed by atoms with Gasteiger partial charge in [0.2, 0.25) is 5.91 Å².